The number of carbonyl (C=O) groups is 1. The summed E-state index contributed by atoms with van der Waals surface area (Å²) in [6, 6.07) is 17.1. The Morgan fingerprint density at radius 2 is 1.91 bits per heavy atom. The summed E-state index contributed by atoms with van der Waals surface area (Å²) in [5.41, 5.74) is 2.32. The van der Waals surface area contributed by atoms with Crippen LogP contribution >= 0.6 is 0 Å². The fourth-order valence-corrected chi connectivity index (χ4v) is 5.62. The number of piperidine rings is 1. The molecule has 0 N–H and O–H groups in total. The van der Waals surface area contributed by atoms with E-state index in [0.29, 0.717) is 42.2 Å². The van der Waals surface area contributed by atoms with Crippen molar-refractivity contribution in [2.45, 2.75) is 57.9 Å². The smallest absolute Gasteiger partial charge is 0.356 e. The number of aromatic nitrogens is 4. The molecule has 0 amide bonds. The number of nitrogens with zero attached hydrogens (tertiary/aromatic N) is 7. The first-order valence-electron chi connectivity index (χ1n) is 14.9. The van der Waals surface area contributed by atoms with Crippen molar-refractivity contribution in [3.8, 4) is 23.8 Å². The molecule has 1 aliphatic carbocycles. The SMILES string of the molecule is COC(=O)c1ccc2nc(CN3CCC(Oc4cccc(COc5ccc(C#N)cc5F)n4)CC3)n(CC3(CC#N)CC3)c2n1. The number of rotatable bonds is 11. The maximum atomic E-state index is 14.2. The highest BCUT2D eigenvalue weighted by atomic mass is 19.1. The van der Waals surface area contributed by atoms with Crippen LogP contribution in [0.4, 0.5) is 4.39 Å². The normalized spacial score (nSPS) is 16.1. The number of methoxy groups -OCH3 is 1. The number of carbonyl (C=O) groups excluding carboxylic acids is 1. The van der Waals surface area contributed by atoms with Crippen LogP contribution < -0.4 is 9.47 Å². The Hall–Kier alpha value is -5.07. The number of fused-ring (bicyclic) bond motifs is 1. The predicted molar refractivity (Wildman–Crippen MR) is 159 cm³/mol. The van der Waals surface area contributed by atoms with Crippen LogP contribution in [0.25, 0.3) is 11.2 Å². The van der Waals surface area contributed by atoms with Gasteiger partial charge in [0.05, 0.1) is 37.1 Å². The Bertz CT molecular complexity index is 1800. The summed E-state index contributed by atoms with van der Waals surface area (Å²) >= 11 is 0. The molecule has 0 spiro atoms. The highest BCUT2D eigenvalue weighted by Crippen LogP contribution is 2.50. The lowest BCUT2D eigenvalue weighted by molar-refractivity contribution is 0.0594. The first-order valence-corrected chi connectivity index (χ1v) is 14.9. The van der Waals surface area contributed by atoms with E-state index in [1.165, 1.54) is 19.2 Å². The Morgan fingerprint density at radius 1 is 1.09 bits per heavy atom. The lowest BCUT2D eigenvalue weighted by atomic mass is 10.0. The quantitative estimate of drug-likeness (QED) is 0.215. The number of ether oxygens (including phenoxy) is 3. The van der Waals surface area contributed by atoms with Crippen LogP contribution in [-0.2, 0) is 24.4 Å². The van der Waals surface area contributed by atoms with E-state index < -0.39 is 11.8 Å². The largest absolute Gasteiger partial charge is 0.484 e. The summed E-state index contributed by atoms with van der Waals surface area (Å²) in [5.74, 6) is 0.298. The van der Waals surface area contributed by atoms with Gasteiger partial charge in [-0.25, -0.2) is 24.1 Å². The number of benzene rings is 1. The van der Waals surface area contributed by atoms with Crippen molar-refractivity contribution in [2.75, 3.05) is 20.2 Å². The fraction of sp³-hybridized carbons (Fsp3) is 0.394. The van der Waals surface area contributed by atoms with Gasteiger partial charge in [0.25, 0.3) is 0 Å². The Kier molecular flexibility index (Phi) is 8.58. The molecule has 45 heavy (non-hydrogen) atoms. The van der Waals surface area contributed by atoms with Crippen LogP contribution in [0, 0.1) is 33.9 Å². The van der Waals surface area contributed by atoms with Gasteiger partial charge >= 0.3 is 5.97 Å². The standard InChI is InChI=1S/C33H32FN7O4/c1-43-32(42)27-7-6-26-31(39-27)41(21-33(11-12-33)13-14-35)29(38-26)19-40-15-9-24(10-16-40)45-30-4-2-3-23(37-30)20-44-28-8-5-22(18-36)17-25(28)34/h2-8,17,24H,9-13,15-16,19-21H2,1H3. The minimum atomic E-state index is -0.597. The van der Waals surface area contributed by atoms with Crippen molar-refractivity contribution in [1.29, 1.82) is 10.5 Å². The summed E-state index contributed by atoms with van der Waals surface area (Å²) in [6.45, 7) is 2.88. The second kappa shape index (κ2) is 12.9. The molecule has 4 heterocycles. The molecule has 6 rings (SSSR count). The topological polar surface area (TPSA) is 139 Å². The molecule has 0 unspecified atom stereocenters. The summed E-state index contributed by atoms with van der Waals surface area (Å²) < 4.78 is 32.9. The predicted octanol–water partition coefficient (Wildman–Crippen LogP) is 4.94. The molecule has 3 aromatic heterocycles. The third-order valence-electron chi connectivity index (χ3n) is 8.38. The van der Waals surface area contributed by atoms with Gasteiger partial charge in [-0.3, -0.25) is 4.90 Å². The molecule has 0 bridgehead atoms. The highest BCUT2D eigenvalue weighted by molar-refractivity contribution is 5.89. The monoisotopic (exact) mass is 609 g/mol. The average molecular weight is 610 g/mol. The number of nitriles is 2. The maximum Gasteiger partial charge on any atom is 0.356 e. The number of pyridine rings is 2. The minimum absolute atomic E-state index is 0.0191. The summed E-state index contributed by atoms with van der Waals surface area (Å²) in [4.78, 5) is 28.5. The van der Waals surface area contributed by atoms with Gasteiger partial charge in [-0.05, 0) is 62.1 Å². The second-order valence-corrected chi connectivity index (χ2v) is 11.6. The summed E-state index contributed by atoms with van der Waals surface area (Å²) in [6.07, 6.45) is 4.00. The van der Waals surface area contributed by atoms with Crippen LogP contribution in [0.15, 0.2) is 48.5 Å². The van der Waals surface area contributed by atoms with Gasteiger partial charge in [-0.15, -0.1) is 0 Å². The third kappa shape index (κ3) is 6.87. The van der Waals surface area contributed by atoms with Crippen molar-refractivity contribution in [1.82, 2.24) is 24.4 Å². The molecule has 0 radical (unpaired) electrons. The molecule has 1 aromatic carbocycles. The average Bonchev–Trinajstić information content (AvgIpc) is 3.74. The van der Waals surface area contributed by atoms with Crippen LogP contribution in [-0.4, -0.2) is 56.7 Å². The maximum absolute atomic E-state index is 14.2. The highest BCUT2D eigenvalue weighted by Gasteiger charge is 2.43. The van der Waals surface area contributed by atoms with E-state index in [2.05, 4.69) is 25.5 Å². The molecule has 1 saturated carbocycles. The number of likely N-dealkylation sites (tertiary alicyclic amines) is 1. The van der Waals surface area contributed by atoms with Gasteiger partial charge in [-0.2, -0.15) is 10.5 Å². The van der Waals surface area contributed by atoms with Crippen molar-refractivity contribution >= 4 is 17.1 Å². The number of hydrogen-bond acceptors (Lipinski definition) is 10. The van der Waals surface area contributed by atoms with Gasteiger partial charge in [0.15, 0.2) is 22.9 Å². The van der Waals surface area contributed by atoms with E-state index in [9.17, 15) is 14.4 Å². The Balaban J connectivity index is 1.08. The van der Waals surface area contributed by atoms with E-state index >= 15 is 0 Å². The van der Waals surface area contributed by atoms with E-state index in [1.54, 1.807) is 24.3 Å². The van der Waals surface area contributed by atoms with E-state index in [1.807, 2.05) is 12.1 Å². The van der Waals surface area contributed by atoms with Gasteiger partial charge < -0.3 is 18.8 Å². The van der Waals surface area contributed by atoms with Crippen LogP contribution in [0.5, 0.6) is 11.6 Å². The van der Waals surface area contributed by atoms with Crippen molar-refractivity contribution in [3.05, 3.63) is 77.1 Å². The summed E-state index contributed by atoms with van der Waals surface area (Å²) in [7, 11) is 1.33. The third-order valence-corrected chi connectivity index (χ3v) is 8.38. The molecule has 2 fully saturated rings. The number of hydrogen-bond donors (Lipinski definition) is 0. The zero-order valence-electron chi connectivity index (χ0n) is 24.9. The zero-order chi connectivity index (χ0) is 31.4. The molecule has 230 valence electrons. The van der Waals surface area contributed by atoms with Crippen molar-refractivity contribution in [3.63, 3.8) is 0 Å². The van der Waals surface area contributed by atoms with E-state index in [0.717, 1.165) is 50.7 Å². The van der Waals surface area contributed by atoms with Gasteiger partial charge in [0.2, 0.25) is 5.88 Å². The molecule has 11 nitrogen and oxygen atoms in total. The van der Waals surface area contributed by atoms with E-state index in [4.69, 9.17) is 24.5 Å². The minimum Gasteiger partial charge on any atom is -0.484 e. The van der Waals surface area contributed by atoms with Gasteiger partial charge in [0.1, 0.15) is 24.1 Å². The fourth-order valence-electron chi connectivity index (χ4n) is 5.62. The first kappa shape index (κ1) is 30.0. The van der Waals surface area contributed by atoms with Gasteiger partial charge in [0, 0.05) is 37.5 Å². The summed E-state index contributed by atoms with van der Waals surface area (Å²) in [5, 5.41) is 18.3. The molecule has 1 aliphatic heterocycles. The number of imidazole rings is 1. The molecular weight excluding hydrogens is 577 g/mol. The van der Waals surface area contributed by atoms with Crippen molar-refractivity contribution < 1.29 is 23.4 Å². The molecule has 12 heteroatoms. The molecule has 4 aromatic rings. The molecule has 0 atom stereocenters. The molecule has 1 saturated heterocycles. The van der Waals surface area contributed by atoms with E-state index in [-0.39, 0.29) is 35.1 Å². The Morgan fingerprint density at radius 3 is 2.62 bits per heavy atom. The number of halogens is 1. The molecule has 2 aliphatic rings. The van der Waals surface area contributed by atoms with Crippen LogP contribution in [0.1, 0.15) is 59.7 Å². The second-order valence-electron chi connectivity index (χ2n) is 11.6. The first-order chi connectivity index (χ1) is 21.9. The molecular formula is C33H32FN7O4. The lowest BCUT2D eigenvalue weighted by Gasteiger charge is -2.31. The van der Waals surface area contributed by atoms with Crippen molar-refractivity contribution in [2.24, 2.45) is 5.41 Å². The zero-order valence-corrected chi connectivity index (χ0v) is 24.9. The Labute approximate surface area is 259 Å². The van der Waals surface area contributed by atoms with Crippen LogP contribution in [0.3, 0.4) is 0 Å². The van der Waals surface area contributed by atoms with Crippen LogP contribution in [0.2, 0.25) is 0 Å². The number of esters is 1. The van der Waals surface area contributed by atoms with Gasteiger partial charge in [-0.1, -0.05) is 6.07 Å². The lowest BCUT2D eigenvalue weighted by Crippen LogP contribution is -2.38.